The van der Waals surface area contributed by atoms with E-state index in [0.29, 0.717) is 5.41 Å². The lowest BCUT2D eigenvalue weighted by Crippen LogP contribution is -2.66. The first-order chi connectivity index (χ1) is 12.6. The molecule has 1 spiro atoms. The van der Waals surface area contributed by atoms with Gasteiger partial charge in [-0.2, -0.15) is 0 Å². The molecule has 4 rings (SSSR count). The Morgan fingerprint density at radius 3 is 2.58 bits per heavy atom. The van der Waals surface area contributed by atoms with Crippen molar-refractivity contribution >= 4 is 0 Å². The second kappa shape index (κ2) is 7.24. The number of hydrogen-bond acceptors (Lipinski definition) is 2. The standard InChI is InChI=1S/C24H42N2/c1-4-6-8-18-11-13-24-16-23(14-12-21(24)19(18)7-5-2)20(9-10-22(23)24)17(3)15-26-25/h18-22,26H,3-16,25H2,1-2H3. The van der Waals surface area contributed by atoms with Crippen LogP contribution in [0.4, 0.5) is 0 Å². The number of hydrazine groups is 1. The molecule has 0 radical (unpaired) electrons. The zero-order chi connectivity index (χ0) is 18.4. The van der Waals surface area contributed by atoms with Gasteiger partial charge in [0.05, 0.1) is 0 Å². The molecule has 148 valence electrons. The fourth-order valence-electron chi connectivity index (χ4n) is 8.95. The van der Waals surface area contributed by atoms with E-state index in [1.807, 2.05) is 0 Å². The number of rotatable bonds is 8. The van der Waals surface area contributed by atoms with Gasteiger partial charge in [0, 0.05) is 6.54 Å². The molecule has 0 aromatic carbocycles. The second-order valence-corrected chi connectivity index (χ2v) is 10.4. The Kier molecular flexibility index (Phi) is 5.29. The summed E-state index contributed by atoms with van der Waals surface area (Å²) < 4.78 is 0. The number of hydrogen-bond donors (Lipinski definition) is 2. The minimum atomic E-state index is 0.622. The lowest BCUT2D eigenvalue weighted by atomic mass is 9.31. The van der Waals surface area contributed by atoms with E-state index < -0.39 is 0 Å². The molecule has 0 aromatic heterocycles. The summed E-state index contributed by atoms with van der Waals surface area (Å²) in [5.74, 6) is 10.5. The molecule has 0 aliphatic heterocycles. The van der Waals surface area contributed by atoms with E-state index in [-0.39, 0.29) is 0 Å². The largest absolute Gasteiger partial charge is 0.271 e. The van der Waals surface area contributed by atoms with Crippen LogP contribution >= 0.6 is 0 Å². The van der Waals surface area contributed by atoms with E-state index in [9.17, 15) is 0 Å². The smallest absolute Gasteiger partial charge is 0.0308 e. The lowest BCUT2D eigenvalue weighted by molar-refractivity contribution is -0.241. The lowest BCUT2D eigenvalue weighted by Gasteiger charge is -2.73. The van der Waals surface area contributed by atoms with Gasteiger partial charge in [-0.15, -0.1) is 0 Å². The van der Waals surface area contributed by atoms with Crippen LogP contribution in [-0.4, -0.2) is 6.54 Å². The van der Waals surface area contributed by atoms with E-state index in [1.54, 1.807) is 6.42 Å². The van der Waals surface area contributed by atoms with Crippen molar-refractivity contribution in [2.45, 2.75) is 90.9 Å². The summed E-state index contributed by atoms with van der Waals surface area (Å²) in [5.41, 5.74) is 5.62. The fourth-order valence-corrected chi connectivity index (χ4v) is 8.95. The van der Waals surface area contributed by atoms with Gasteiger partial charge >= 0.3 is 0 Å². The minimum absolute atomic E-state index is 0.622. The van der Waals surface area contributed by atoms with Gasteiger partial charge in [-0.1, -0.05) is 58.1 Å². The molecule has 4 fully saturated rings. The molecule has 4 aliphatic carbocycles. The van der Waals surface area contributed by atoms with Crippen LogP contribution in [0.5, 0.6) is 0 Å². The van der Waals surface area contributed by atoms with E-state index >= 15 is 0 Å². The molecule has 4 aliphatic rings. The highest BCUT2D eigenvalue weighted by atomic mass is 15.2. The summed E-state index contributed by atoms with van der Waals surface area (Å²) in [4.78, 5) is 0. The summed E-state index contributed by atoms with van der Waals surface area (Å²) in [6.07, 6.45) is 17.7. The maximum atomic E-state index is 5.62. The normalized spacial score (nSPS) is 46.3. The number of nitrogens with one attached hydrogen (secondary N) is 1. The first-order valence-electron chi connectivity index (χ1n) is 11.7. The zero-order valence-electron chi connectivity index (χ0n) is 17.4. The van der Waals surface area contributed by atoms with Gasteiger partial charge in [0.15, 0.2) is 0 Å². The molecule has 26 heavy (non-hydrogen) atoms. The summed E-state index contributed by atoms with van der Waals surface area (Å²) in [7, 11) is 0. The molecule has 7 atom stereocenters. The van der Waals surface area contributed by atoms with Crippen molar-refractivity contribution in [3.05, 3.63) is 12.2 Å². The molecule has 0 amide bonds. The topological polar surface area (TPSA) is 38.0 Å². The van der Waals surface area contributed by atoms with Gasteiger partial charge in [-0.25, -0.2) is 0 Å². The van der Waals surface area contributed by atoms with E-state index in [2.05, 4.69) is 25.9 Å². The summed E-state index contributed by atoms with van der Waals surface area (Å²) in [6, 6.07) is 0. The highest BCUT2D eigenvalue weighted by molar-refractivity contribution is 5.27. The summed E-state index contributed by atoms with van der Waals surface area (Å²) >= 11 is 0. The molecule has 4 saturated carbocycles. The van der Waals surface area contributed by atoms with Crippen LogP contribution in [0.3, 0.4) is 0 Å². The first kappa shape index (κ1) is 19.0. The average Bonchev–Trinajstić information content (AvgIpc) is 2.95. The maximum absolute atomic E-state index is 5.62. The van der Waals surface area contributed by atoms with Crippen molar-refractivity contribution in [1.82, 2.24) is 5.43 Å². The van der Waals surface area contributed by atoms with Crippen LogP contribution in [0.2, 0.25) is 0 Å². The Hall–Kier alpha value is -0.340. The predicted octanol–water partition coefficient (Wildman–Crippen LogP) is 5.84. The molecule has 0 aromatic rings. The van der Waals surface area contributed by atoms with Gasteiger partial charge < -0.3 is 0 Å². The van der Waals surface area contributed by atoms with Crippen LogP contribution in [0.15, 0.2) is 12.2 Å². The summed E-state index contributed by atoms with van der Waals surface area (Å²) in [6.45, 7) is 10.0. The van der Waals surface area contributed by atoms with E-state index in [1.165, 1.54) is 76.2 Å². The van der Waals surface area contributed by atoms with Crippen molar-refractivity contribution in [2.24, 2.45) is 46.3 Å². The fraction of sp³-hybridized carbons (Fsp3) is 0.917. The number of nitrogens with two attached hydrogens (primary N) is 1. The van der Waals surface area contributed by atoms with Gasteiger partial charge in [0.1, 0.15) is 0 Å². The monoisotopic (exact) mass is 358 g/mol. The highest BCUT2D eigenvalue weighted by Gasteiger charge is 2.73. The molecular weight excluding hydrogens is 316 g/mol. The van der Waals surface area contributed by atoms with Crippen LogP contribution in [0, 0.1) is 40.4 Å². The molecule has 0 saturated heterocycles. The van der Waals surface area contributed by atoms with Crippen molar-refractivity contribution in [3.8, 4) is 0 Å². The zero-order valence-corrected chi connectivity index (χ0v) is 17.4. The minimum Gasteiger partial charge on any atom is -0.271 e. The van der Waals surface area contributed by atoms with E-state index in [0.717, 1.165) is 41.5 Å². The molecule has 7 unspecified atom stereocenters. The predicted molar refractivity (Wildman–Crippen MR) is 110 cm³/mol. The third-order valence-corrected chi connectivity index (χ3v) is 9.62. The van der Waals surface area contributed by atoms with Crippen molar-refractivity contribution in [1.29, 1.82) is 0 Å². The first-order valence-corrected chi connectivity index (χ1v) is 11.7. The third kappa shape index (κ3) is 2.58. The second-order valence-electron chi connectivity index (χ2n) is 10.4. The number of unbranched alkanes of at least 4 members (excludes halogenated alkanes) is 1. The SMILES string of the molecule is C=C(CNN)C1CCC2C13CCC1C(CCC)C(CCCC)CCC12C3. The van der Waals surface area contributed by atoms with Gasteiger partial charge in [-0.3, -0.25) is 11.3 Å². The molecule has 0 heterocycles. The van der Waals surface area contributed by atoms with Crippen LogP contribution in [-0.2, 0) is 0 Å². The average molecular weight is 359 g/mol. The maximum Gasteiger partial charge on any atom is 0.0308 e. The summed E-state index contributed by atoms with van der Waals surface area (Å²) in [5, 5.41) is 0. The van der Waals surface area contributed by atoms with Gasteiger partial charge in [-0.05, 0) is 85.4 Å². The molecule has 2 bridgehead atoms. The Morgan fingerprint density at radius 2 is 1.85 bits per heavy atom. The Balaban J connectivity index is 1.54. The van der Waals surface area contributed by atoms with Crippen LogP contribution in [0.25, 0.3) is 0 Å². The van der Waals surface area contributed by atoms with Gasteiger partial charge in [0.25, 0.3) is 0 Å². The molecular formula is C24H42N2. The highest BCUT2D eigenvalue weighted by Crippen LogP contribution is 2.81. The van der Waals surface area contributed by atoms with Crippen LogP contribution < -0.4 is 11.3 Å². The molecule has 2 nitrogen and oxygen atoms in total. The van der Waals surface area contributed by atoms with E-state index in [4.69, 9.17) is 5.84 Å². The molecule has 2 heteroatoms. The third-order valence-electron chi connectivity index (χ3n) is 9.62. The molecule has 3 N–H and O–H groups in total. The quantitative estimate of drug-likeness (QED) is 0.325. The van der Waals surface area contributed by atoms with Crippen molar-refractivity contribution < 1.29 is 0 Å². The Labute approximate surface area is 161 Å². The Bertz CT molecular complexity index is 528. The van der Waals surface area contributed by atoms with Crippen molar-refractivity contribution in [2.75, 3.05) is 6.54 Å². The Morgan fingerprint density at radius 1 is 1.04 bits per heavy atom. The van der Waals surface area contributed by atoms with Crippen molar-refractivity contribution in [3.63, 3.8) is 0 Å². The van der Waals surface area contributed by atoms with Gasteiger partial charge in [0.2, 0.25) is 0 Å². The van der Waals surface area contributed by atoms with Crippen LogP contribution in [0.1, 0.15) is 90.9 Å².